The summed E-state index contributed by atoms with van der Waals surface area (Å²) in [6.07, 6.45) is 0.910. The van der Waals surface area contributed by atoms with E-state index in [9.17, 15) is 14.1 Å². The minimum atomic E-state index is -3.06. The monoisotopic (exact) mass is 508 g/mol. The van der Waals surface area contributed by atoms with Crippen LogP contribution in [0.1, 0.15) is 13.8 Å². The lowest BCUT2D eigenvalue weighted by Gasteiger charge is -2.16. The van der Waals surface area contributed by atoms with Crippen LogP contribution in [0.25, 0.3) is 22.2 Å². The van der Waals surface area contributed by atoms with Crippen molar-refractivity contribution < 1.29 is 18.8 Å². The minimum absolute atomic E-state index is 0.0649. The van der Waals surface area contributed by atoms with Gasteiger partial charge < -0.3 is 25.5 Å². The van der Waals surface area contributed by atoms with Gasteiger partial charge in [-0.1, -0.05) is 18.2 Å². The number of aliphatic hydroxyl groups is 1. The highest BCUT2D eigenvalue weighted by Gasteiger charge is 2.15. The van der Waals surface area contributed by atoms with Crippen LogP contribution >= 0.6 is 0 Å². The Hall–Kier alpha value is -4.09. The number of aliphatic hydroxyl groups excluding tert-OH is 1. The number of amides is 1. The van der Waals surface area contributed by atoms with Crippen molar-refractivity contribution in [2.45, 2.75) is 24.8 Å². The Labute approximate surface area is 209 Å². The van der Waals surface area contributed by atoms with E-state index in [1.165, 1.54) is 0 Å². The normalized spacial score (nSPS) is 13.5. The van der Waals surface area contributed by atoms with Gasteiger partial charge in [-0.15, -0.1) is 0 Å². The Morgan fingerprint density at radius 1 is 1.22 bits per heavy atom. The molecule has 1 unspecified atom stereocenters. The first-order valence-corrected chi connectivity index (χ1v) is 13.0. The second kappa shape index (κ2) is 10.7. The second-order valence-corrected chi connectivity index (χ2v) is 10.1. The molecule has 1 amide bonds. The molecule has 2 aromatic carbocycles. The van der Waals surface area contributed by atoms with Crippen molar-refractivity contribution in [1.82, 2.24) is 19.7 Å². The number of anilines is 3. The molecule has 5 N–H and O–H groups in total. The van der Waals surface area contributed by atoms with Crippen molar-refractivity contribution >= 4 is 50.0 Å². The van der Waals surface area contributed by atoms with Crippen LogP contribution in [0.5, 0.6) is 0 Å². The van der Waals surface area contributed by atoms with Gasteiger partial charge in [0.25, 0.3) is 0 Å². The molecule has 2 aromatic heterocycles. The van der Waals surface area contributed by atoms with Gasteiger partial charge >= 0.3 is 6.09 Å². The van der Waals surface area contributed by atoms with Crippen molar-refractivity contribution in [2.75, 3.05) is 23.8 Å². The number of aromatic nitrogens is 3. The van der Waals surface area contributed by atoms with Gasteiger partial charge in [-0.25, -0.2) is 18.7 Å². The van der Waals surface area contributed by atoms with E-state index in [-0.39, 0.29) is 19.3 Å². The van der Waals surface area contributed by atoms with Gasteiger partial charge in [0.1, 0.15) is 5.82 Å². The molecule has 0 radical (unpaired) electrons. The number of ether oxygens (including phenoxy) is 1. The fraction of sp³-hybridized carbons (Fsp3) is 0.200. The van der Waals surface area contributed by atoms with E-state index in [2.05, 4.69) is 36.2 Å². The fourth-order valence-corrected chi connectivity index (χ4v) is 4.51. The van der Waals surface area contributed by atoms with Crippen molar-refractivity contribution in [3.05, 3.63) is 60.8 Å². The fourth-order valence-electron chi connectivity index (χ4n) is 3.49. The Balaban J connectivity index is 1.58. The number of carbonyl (C=O) groups is 1. The second-order valence-electron chi connectivity index (χ2n) is 8.10. The predicted molar refractivity (Wildman–Crippen MR) is 143 cm³/mol. The van der Waals surface area contributed by atoms with Crippen LogP contribution in [-0.2, 0) is 14.4 Å². The summed E-state index contributed by atoms with van der Waals surface area (Å²) in [6, 6.07) is 16.3. The first kappa shape index (κ1) is 25.0. The molecular formula is C25H28N6O4S. The summed E-state index contributed by atoms with van der Waals surface area (Å²) in [5.41, 5.74) is 3.24. The average molecular weight is 509 g/mol. The van der Waals surface area contributed by atoms with Gasteiger partial charge in [0.2, 0.25) is 5.95 Å². The Morgan fingerprint density at radius 2 is 1.97 bits per heavy atom. The van der Waals surface area contributed by atoms with Gasteiger partial charge in [0.15, 0.2) is 0 Å². The number of hydrogen-bond donors (Lipinski definition) is 5. The van der Waals surface area contributed by atoms with E-state index in [4.69, 9.17) is 4.74 Å². The third-order valence-electron chi connectivity index (χ3n) is 5.28. The predicted octanol–water partition coefficient (Wildman–Crippen LogP) is 3.90. The number of rotatable bonds is 9. The quantitative estimate of drug-likeness (QED) is 0.214. The van der Waals surface area contributed by atoms with E-state index in [1.54, 1.807) is 37.4 Å². The molecule has 0 saturated carbocycles. The summed E-state index contributed by atoms with van der Waals surface area (Å²) in [5.74, 6) is 4.50. The van der Waals surface area contributed by atoms with Crippen LogP contribution in [0, 0.1) is 0 Å². The van der Waals surface area contributed by atoms with Gasteiger partial charge in [0.05, 0.1) is 34.2 Å². The molecular weight excluding hydrogens is 480 g/mol. The molecule has 4 aromatic rings. The molecule has 11 heteroatoms. The number of nitrogens with zero attached hydrogens (tertiary/aromatic N) is 2. The Kier molecular flexibility index (Phi) is 7.41. The van der Waals surface area contributed by atoms with E-state index in [1.807, 2.05) is 37.3 Å². The number of benzene rings is 2. The minimum Gasteiger partial charge on any atom is -0.449 e. The van der Waals surface area contributed by atoms with Crippen LogP contribution in [-0.4, -0.2) is 55.5 Å². The number of carbonyl (C=O) groups excluding carboxylic acids is 1. The van der Waals surface area contributed by atoms with Gasteiger partial charge in [-0.05, 0) is 56.1 Å². The molecule has 0 fully saturated rings. The molecule has 0 bridgehead atoms. The summed E-state index contributed by atoms with van der Waals surface area (Å²) in [6.45, 7) is 3.61. The van der Waals surface area contributed by atoms with Crippen molar-refractivity contribution in [2.24, 2.45) is 0 Å². The lowest BCUT2D eigenvalue weighted by atomic mass is 10.2. The highest BCUT2D eigenvalue weighted by atomic mass is 32.2. The maximum Gasteiger partial charge on any atom is 0.418 e. The maximum absolute atomic E-state index is 12.8. The zero-order chi connectivity index (χ0) is 25.7. The molecule has 188 valence electrons. The number of para-hydroxylation sites is 1. The van der Waals surface area contributed by atoms with E-state index >= 15 is 0 Å². The highest BCUT2D eigenvalue weighted by Crippen LogP contribution is 2.30. The van der Waals surface area contributed by atoms with E-state index in [0.29, 0.717) is 22.3 Å². The molecule has 36 heavy (non-hydrogen) atoms. The standard InChI is InChI=1S/C25H28N6O4S/c1-4-35-25(33)31-36(3,34)19-11-9-18(10-12-19)28-24-26-14-20(23(30-24)27-16(2)15-32)22-13-17-7-5-6-8-21(17)29-22/h5-14,16,29,32H,3-4,15H2,1-2H3,(H,31,33,34)(H2,26,27,28,30)/t16-,36?/m1/s1. The van der Waals surface area contributed by atoms with Crippen LogP contribution in [0.3, 0.4) is 0 Å². The van der Waals surface area contributed by atoms with Crippen LogP contribution in [0.15, 0.2) is 65.7 Å². The molecule has 0 aliphatic rings. The number of fused-ring (bicyclic) bond motifs is 1. The summed E-state index contributed by atoms with van der Waals surface area (Å²) in [7, 11) is -3.06. The highest BCUT2D eigenvalue weighted by molar-refractivity contribution is 7.99. The summed E-state index contributed by atoms with van der Waals surface area (Å²) >= 11 is 0. The Bertz CT molecular complexity index is 1430. The number of aromatic amines is 1. The largest absolute Gasteiger partial charge is 0.449 e. The number of H-pyrrole nitrogens is 1. The van der Waals surface area contributed by atoms with Crippen molar-refractivity contribution in [3.63, 3.8) is 0 Å². The molecule has 10 nitrogen and oxygen atoms in total. The molecule has 0 aliphatic heterocycles. The van der Waals surface area contributed by atoms with Crippen molar-refractivity contribution in [3.8, 4) is 11.3 Å². The maximum atomic E-state index is 12.8. The Morgan fingerprint density at radius 3 is 2.67 bits per heavy atom. The van der Waals surface area contributed by atoms with Crippen molar-refractivity contribution in [1.29, 1.82) is 0 Å². The first-order chi connectivity index (χ1) is 17.3. The third kappa shape index (κ3) is 5.75. The average Bonchev–Trinajstić information content (AvgIpc) is 3.28. The van der Waals surface area contributed by atoms with Crippen LogP contribution in [0.2, 0.25) is 0 Å². The molecule has 0 aliphatic carbocycles. The number of nitrogens with one attached hydrogen (secondary N) is 4. The zero-order valence-electron chi connectivity index (χ0n) is 19.9. The lowest BCUT2D eigenvalue weighted by Crippen LogP contribution is -2.30. The molecule has 2 atom stereocenters. The van der Waals surface area contributed by atoms with Gasteiger partial charge in [-0.2, -0.15) is 4.98 Å². The third-order valence-corrected chi connectivity index (χ3v) is 6.81. The van der Waals surface area contributed by atoms with E-state index in [0.717, 1.165) is 22.2 Å². The SMILES string of the molecule is C=S(=O)(NC(=O)OCC)c1ccc(Nc2ncc(-c3cc4ccccc4[nH]3)c(N[C@H](C)CO)n2)cc1. The smallest absolute Gasteiger partial charge is 0.418 e. The molecule has 4 rings (SSSR count). The summed E-state index contributed by atoms with van der Waals surface area (Å²) in [5, 5.41) is 17.0. The van der Waals surface area contributed by atoms with Crippen LogP contribution in [0.4, 0.5) is 22.2 Å². The molecule has 0 saturated heterocycles. The summed E-state index contributed by atoms with van der Waals surface area (Å²) < 4.78 is 19.8. The van der Waals surface area contributed by atoms with Gasteiger partial charge in [-0.3, -0.25) is 0 Å². The van der Waals surface area contributed by atoms with Gasteiger partial charge in [0, 0.05) is 33.7 Å². The summed E-state index contributed by atoms with van der Waals surface area (Å²) in [4.78, 5) is 24.5. The van der Waals surface area contributed by atoms with Crippen LogP contribution < -0.4 is 15.4 Å². The van der Waals surface area contributed by atoms with E-state index < -0.39 is 15.8 Å². The molecule has 2 heterocycles. The first-order valence-electron chi connectivity index (χ1n) is 11.3. The molecule has 0 spiro atoms. The zero-order valence-corrected chi connectivity index (χ0v) is 20.8. The number of hydrogen-bond acceptors (Lipinski definition) is 8. The topological polar surface area (TPSA) is 141 Å². The lowest BCUT2D eigenvalue weighted by molar-refractivity contribution is 0.159.